The molecular formula is C22H24N4O2S2. The number of hydrogen-bond donors (Lipinski definition) is 2. The van der Waals surface area contributed by atoms with Crippen molar-refractivity contribution in [1.29, 1.82) is 0 Å². The highest BCUT2D eigenvalue weighted by atomic mass is 32.2. The zero-order valence-corrected chi connectivity index (χ0v) is 18.4. The topological polar surface area (TPSA) is 84.0 Å². The molecule has 2 N–H and O–H groups in total. The van der Waals surface area contributed by atoms with Crippen LogP contribution < -0.4 is 10.6 Å². The molecule has 156 valence electrons. The van der Waals surface area contributed by atoms with Crippen LogP contribution in [0.15, 0.2) is 54.6 Å². The van der Waals surface area contributed by atoms with Crippen molar-refractivity contribution in [3.05, 3.63) is 75.7 Å². The summed E-state index contributed by atoms with van der Waals surface area (Å²) < 4.78 is 0. The molecule has 30 heavy (non-hydrogen) atoms. The van der Waals surface area contributed by atoms with Crippen LogP contribution in [0.3, 0.4) is 0 Å². The fourth-order valence-electron chi connectivity index (χ4n) is 2.74. The van der Waals surface area contributed by atoms with Crippen molar-refractivity contribution in [1.82, 2.24) is 15.5 Å². The molecule has 0 aliphatic rings. The van der Waals surface area contributed by atoms with Crippen LogP contribution in [0.25, 0.3) is 0 Å². The third kappa shape index (κ3) is 6.96. The Labute approximate surface area is 184 Å². The molecule has 2 aromatic carbocycles. The van der Waals surface area contributed by atoms with E-state index in [4.69, 9.17) is 0 Å². The van der Waals surface area contributed by atoms with E-state index in [0.29, 0.717) is 23.1 Å². The summed E-state index contributed by atoms with van der Waals surface area (Å²) >= 11 is 2.71. The van der Waals surface area contributed by atoms with E-state index in [9.17, 15) is 9.59 Å². The number of anilines is 1. The number of para-hydroxylation sites is 1. The van der Waals surface area contributed by atoms with E-state index >= 15 is 0 Å². The number of nitrogens with one attached hydrogen (secondary N) is 2. The number of amides is 2. The highest BCUT2D eigenvalue weighted by Gasteiger charge is 2.14. The first kappa shape index (κ1) is 22.0. The lowest BCUT2D eigenvalue weighted by atomic mass is 10.1. The lowest BCUT2D eigenvalue weighted by molar-refractivity contribution is -0.118. The molecule has 2 amide bonds. The van der Waals surface area contributed by atoms with Crippen LogP contribution in [0, 0.1) is 6.92 Å². The Hall–Kier alpha value is -2.71. The fraction of sp³-hybridized carbons (Fsp3) is 0.273. The fourth-order valence-corrected chi connectivity index (χ4v) is 4.38. The maximum atomic E-state index is 12.3. The molecular weight excluding hydrogens is 416 g/mol. The Balaban J connectivity index is 1.34. The molecule has 1 heterocycles. The highest BCUT2D eigenvalue weighted by molar-refractivity contribution is 7.99. The average Bonchev–Trinajstić information content (AvgIpc) is 3.23. The molecule has 0 aliphatic carbocycles. The van der Waals surface area contributed by atoms with Gasteiger partial charge in [-0.3, -0.25) is 9.59 Å². The maximum Gasteiger partial charge on any atom is 0.286 e. The lowest BCUT2D eigenvalue weighted by Crippen LogP contribution is -2.26. The van der Waals surface area contributed by atoms with Gasteiger partial charge in [-0.25, -0.2) is 0 Å². The van der Waals surface area contributed by atoms with Crippen LogP contribution in [0.1, 0.15) is 32.4 Å². The van der Waals surface area contributed by atoms with Gasteiger partial charge in [-0.05, 0) is 37.0 Å². The van der Waals surface area contributed by atoms with Crippen molar-refractivity contribution >= 4 is 40.6 Å². The maximum absolute atomic E-state index is 12.3. The number of thioether (sulfide) groups is 1. The minimum atomic E-state index is -0.269. The lowest BCUT2D eigenvalue weighted by Gasteiger charge is -2.05. The summed E-state index contributed by atoms with van der Waals surface area (Å²) in [7, 11) is 0. The van der Waals surface area contributed by atoms with Crippen LogP contribution in [0.5, 0.6) is 0 Å². The molecule has 6 nitrogen and oxygen atoms in total. The van der Waals surface area contributed by atoms with Crippen molar-refractivity contribution in [2.75, 3.05) is 17.6 Å². The number of carbonyl (C=O) groups excluding carboxylic acids is 2. The summed E-state index contributed by atoms with van der Waals surface area (Å²) in [5.41, 5.74) is 3.03. The van der Waals surface area contributed by atoms with E-state index < -0.39 is 0 Å². The summed E-state index contributed by atoms with van der Waals surface area (Å²) in [6.45, 7) is 2.60. The van der Waals surface area contributed by atoms with Gasteiger partial charge in [0.25, 0.3) is 5.91 Å². The number of nitrogens with zero attached hydrogens (tertiary/aromatic N) is 2. The number of carbonyl (C=O) groups is 2. The first-order valence-electron chi connectivity index (χ1n) is 9.69. The van der Waals surface area contributed by atoms with Gasteiger partial charge in [-0.15, -0.1) is 22.0 Å². The predicted octanol–water partition coefficient (Wildman–Crippen LogP) is 4.08. The van der Waals surface area contributed by atoms with Crippen molar-refractivity contribution < 1.29 is 9.59 Å². The molecule has 1 aromatic heterocycles. The molecule has 3 aromatic rings. The normalized spacial score (nSPS) is 10.6. The molecule has 0 spiro atoms. The van der Waals surface area contributed by atoms with Gasteiger partial charge in [-0.2, -0.15) is 0 Å². The van der Waals surface area contributed by atoms with Crippen LogP contribution in [-0.4, -0.2) is 34.3 Å². The molecule has 3 rings (SSSR count). The second-order valence-corrected chi connectivity index (χ2v) is 8.75. The van der Waals surface area contributed by atoms with Gasteiger partial charge in [0.1, 0.15) is 5.01 Å². The molecule has 0 aliphatic heterocycles. The molecule has 8 heteroatoms. The second-order valence-electron chi connectivity index (χ2n) is 6.70. The number of rotatable bonds is 10. The Morgan fingerprint density at radius 2 is 1.80 bits per heavy atom. The highest BCUT2D eigenvalue weighted by Crippen LogP contribution is 2.19. The van der Waals surface area contributed by atoms with E-state index in [0.717, 1.165) is 29.1 Å². The summed E-state index contributed by atoms with van der Waals surface area (Å²) in [6.07, 6.45) is 1.86. The van der Waals surface area contributed by atoms with Gasteiger partial charge < -0.3 is 10.6 Å². The Kier molecular flexibility index (Phi) is 8.41. The van der Waals surface area contributed by atoms with E-state index in [1.165, 1.54) is 28.7 Å². The van der Waals surface area contributed by atoms with Gasteiger partial charge in [0.05, 0.1) is 5.75 Å². The van der Waals surface area contributed by atoms with Gasteiger partial charge in [0, 0.05) is 18.0 Å². The summed E-state index contributed by atoms with van der Waals surface area (Å²) in [6, 6.07) is 17.8. The Morgan fingerprint density at radius 1 is 1.03 bits per heavy atom. The number of aromatic nitrogens is 2. The van der Waals surface area contributed by atoms with Crippen LogP contribution >= 0.6 is 23.1 Å². The smallest absolute Gasteiger partial charge is 0.286 e. The van der Waals surface area contributed by atoms with E-state index in [1.807, 2.05) is 49.4 Å². The zero-order valence-electron chi connectivity index (χ0n) is 16.8. The molecule has 0 radical (unpaired) electrons. The summed E-state index contributed by atoms with van der Waals surface area (Å²) in [4.78, 5) is 24.3. The quantitative estimate of drug-likeness (QED) is 0.464. The average molecular weight is 441 g/mol. The standard InChI is InChI=1S/C22H24N4O2S2/c1-16-8-5-6-12-18(16)24-21(28)22-26-25-20(30-22)15-29-14-19(27)23-13-7-11-17-9-3-2-4-10-17/h2-6,8-10,12H,7,11,13-15H2,1H3,(H,23,27)(H,24,28). The van der Waals surface area contributed by atoms with Crippen molar-refractivity contribution in [2.45, 2.75) is 25.5 Å². The van der Waals surface area contributed by atoms with Crippen molar-refractivity contribution in [3.8, 4) is 0 Å². The summed E-state index contributed by atoms with van der Waals surface area (Å²) in [5, 5.41) is 14.9. The molecule has 0 fully saturated rings. The third-order valence-electron chi connectivity index (χ3n) is 4.32. The minimum absolute atomic E-state index is 0.00935. The second kappa shape index (κ2) is 11.5. The van der Waals surface area contributed by atoms with Gasteiger partial charge in [0.2, 0.25) is 10.9 Å². The SMILES string of the molecule is Cc1ccccc1NC(=O)c1nnc(CSCC(=O)NCCCc2ccccc2)s1. The zero-order chi connectivity index (χ0) is 21.2. The van der Waals surface area contributed by atoms with Crippen LogP contribution in [0.2, 0.25) is 0 Å². The van der Waals surface area contributed by atoms with Gasteiger partial charge in [-0.1, -0.05) is 59.9 Å². The van der Waals surface area contributed by atoms with E-state index in [1.54, 1.807) is 0 Å². The number of hydrogen-bond acceptors (Lipinski definition) is 6. The van der Waals surface area contributed by atoms with Crippen molar-refractivity contribution in [2.24, 2.45) is 0 Å². The largest absolute Gasteiger partial charge is 0.355 e. The predicted molar refractivity (Wildman–Crippen MR) is 123 cm³/mol. The molecule has 0 unspecified atom stereocenters. The Bertz CT molecular complexity index is 976. The minimum Gasteiger partial charge on any atom is -0.355 e. The van der Waals surface area contributed by atoms with Crippen LogP contribution in [0.4, 0.5) is 5.69 Å². The van der Waals surface area contributed by atoms with Crippen molar-refractivity contribution in [3.63, 3.8) is 0 Å². The Morgan fingerprint density at radius 3 is 2.60 bits per heavy atom. The number of benzene rings is 2. The van der Waals surface area contributed by atoms with Gasteiger partial charge >= 0.3 is 0 Å². The summed E-state index contributed by atoms with van der Waals surface area (Å²) in [5.74, 6) is 0.645. The first-order chi connectivity index (χ1) is 14.6. The molecule has 0 bridgehead atoms. The van der Waals surface area contributed by atoms with E-state index in [-0.39, 0.29) is 11.8 Å². The molecule has 0 atom stereocenters. The first-order valence-corrected chi connectivity index (χ1v) is 11.7. The number of aryl methyl sites for hydroxylation is 2. The molecule has 0 saturated carbocycles. The van der Waals surface area contributed by atoms with Gasteiger partial charge in [0.15, 0.2) is 0 Å². The van der Waals surface area contributed by atoms with Crippen LogP contribution in [-0.2, 0) is 17.0 Å². The molecule has 0 saturated heterocycles. The third-order valence-corrected chi connectivity index (χ3v) is 6.37. The monoisotopic (exact) mass is 440 g/mol. The van der Waals surface area contributed by atoms with E-state index in [2.05, 4.69) is 33.0 Å².